The van der Waals surface area contributed by atoms with Crippen LogP contribution in [0.4, 0.5) is 11.4 Å². The second-order valence-corrected chi connectivity index (χ2v) is 4.77. The first-order valence-electron chi connectivity index (χ1n) is 6.00. The predicted octanol–water partition coefficient (Wildman–Crippen LogP) is 4.04. The summed E-state index contributed by atoms with van der Waals surface area (Å²) >= 11 is 0. The topological polar surface area (TPSA) is 65.2 Å². The van der Waals surface area contributed by atoms with Gasteiger partial charge in [0.1, 0.15) is 11.4 Å². The molecule has 0 fully saturated rings. The maximum absolute atomic E-state index is 10.1. The number of benzene rings is 2. The lowest BCUT2D eigenvalue weighted by molar-refractivity contribution is 0.0789. The van der Waals surface area contributed by atoms with Gasteiger partial charge < -0.3 is 10.2 Å². The van der Waals surface area contributed by atoms with Crippen molar-refractivity contribution >= 4 is 11.4 Å². The molecule has 0 spiro atoms. The summed E-state index contributed by atoms with van der Waals surface area (Å²) in [6.07, 6.45) is 0. The molecule has 0 saturated carbocycles. The molecule has 0 radical (unpaired) electrons. The number of aromatic hydroxyl groups is 1. The molecule has 0 aliphatic heterocycles. The van der Waals surface area contributed by atoms with E-state index in [1.54, 1.807) is 26.0 Å². The van der Waals surface area contributed by atoms with Gasteiger partial charge in [-0.1, -0.05) is 30.3 Å². The summed E-state index contributed by atoms with van der Waals surface area (Å²) in [7, 11) is 0. The van der Waals surface area contributed by atoms with Gasteiger partial charge in [0, 0.05) is 5.56 Å². The average Bonchev–Trinajstić information content (AvgIpc) is 2.37. The minimum atomic E-state index is -1.09. The van der Waals surface area contributed by atoms with Gasteiger partial charge in [-0.3, -0.25) is 0 Å². The second kappa shape index (κ2) is 5.20. The van der Waals surface area contributed by atoms with Crippen molar-refractivity contribution in [1.29, 1.82) is 0 Å². The Morgan fingerprint density at radius 3 is 2.21 bits per heavy atom. The smallest absolute Gasteiger partial charge is 0.143 e. The van der Waals surface area contributed by atoms with Crippen LogP contribution in [0, 0.1) is 0 Å². The van der Waals surface area contributed by atoms with Crippen LogP contribution in [0.25, 0.3) is 0 Å². The van der Waals surface area contributed by atoms with Crippen LogP contribution < -0.4 is 0 Å². The first kappa shape index (κ1) is 13.2. The van der Waals surface area contributed by atoms with E-state index in [1.165, 1.54) is 6.07 Å². The fourth-order valence-electron chi connectivity index (χ4n) is 1.73. The average molecular weight is 256 g/mol. The summed E-state index contributed by atoms with van der Waals surface area (Å²) in [4.78, 5) is 0. The Labute approximate surface area is 112 Å². The number of phenolic OH excluding ortho intramolecular Hbond substituents is 1. The molecule has 2 rings (SSSR count). The molecule has 98 valence electrons. The van der Waals surface area contributed by atoms with Gasteiger partial charge in [-0.2, -0.15) is 5.11 Å². The molecule has 0 atom stereocenters. The van der Waals surface area contributed by atoms with Crippen molar-refractivity contribution < 1.29 is 10.2 Å². The van der Waals surface area contributed by atoms with Gasteiger partial charge in [0.2, 0.25) is 0 Å². The van der Waals surface area contributed by atoms with Crippen LogP contribution in [0.5, 0.6) is 5.75 Å². The standard InChI is InChI=1S/C15H16N2O2/c1-15(2,19)12-9-6-10-13(18)14(12)17-16-11-7-4-3-5-8-11/h3-10,18-19H,1-2H3. The zero-order valence-electron chi connectivity index (χ0n) is 10.9. The van der Waals surface area contributed by atoms with Gasteiger partial charge in [0.05, 0.1) is 11.3 Å². The van der Waals surface area contributed by atoms with Gasteiger partial charge in [0.25, 0.3) is 0 Å². The van der Waals surface area contributed by atoms with Crippen molar-refractivity contribution in [2.24, 2.45) is 10.2 Å². The molecule has 4 heteroatoms. The molecule has 0 aromatic heterocycles. The third-order valence-corrected chi connectivity index (χ3v) is 2.70. The van der Waals surface area contributed by atoms with Crippen LogP contribution >= 0.6 is 0 Å². The summed E-state index contributed by atoms with van der Waals surface area (Å²) < 4.78 is 0. The lowest BCUT2D eigenvalue weighted by Crippen LogP contribution is -2.15. The van der Waals surface area contributed by atoms with Crippen LogP contribution in [-0.4, -0.2) is 10.2 Å². The van der Waals surface area contributed by atoms with Crippen LogP contribution in [0.3, 0.4) is 0 Å². The van der Waals surface area contributed by atoms with E-state index in [-0.39, 0.29) is 5.75 Å². The molecule has 0 aliphatic carbocycles. The lowest BCUT2D eigenvalue weighted by atomic mass is 9.96. The number of aliphatic hydroxyl groups is 1. The Balaban J connectivity index is 2.43. The molecular formula is C15H16N2O2. The Bertz CT molecular complexity index is 587. The first-order chi connectivity index (χ1) is 8.98. The summed E-state index contributed by atoms with van der Waals surface area (Å²) in [5.74, 6) is -0.000642. The normalized spacial score (nSPS) is 11.9. The van der Waals surface area contributed by atoms with Crippen LogP contribution in [0.2, 0.25) is 0 Å². The minimum absolute atomic E-state index is 0.000642. The highest BCUT2D eigenvalue weighted by Gasteiger charge is 2.22. The van der Waals surface area contributed by atoms with Crippen molar-refractivity contribution in [3.63, 3.8) is 0 Å². The number of hydrogen-bond donors (Lipinski definition) is 2. The third kappa shape index (κ3) is 3.17. The van der Waals surface area contributed by atoms with Gasteiger partial charge in [-0.05, 0) is 32.0 Å². The molecule has 2 N–H and O–H groups in total. The first-order valence-corrected chi connectivity index (χ1v) is 6.00. The summed E-state index contributed by atoms with van der Waals surface area (Å²) in [6, 6.07) is 14.1. The SMILES string of the molecule is CC(C)(O)c1cccc(O)c1N=Nc1ccccc1. The number of rotatable bonds is 3. The highest BCUT2D eigenvalue weighted by molar-refractivity contribution is 5.58. The van der Waals surface area contributed by atoms with Crippen molar-refractivity contribution in [1.82, 2.24) is 0 Å². The largest absolute Gasteiger partial charge is 0.506 e. The molecule has 4 nitrogen and oxygen atoms in total. The molecule has 0 saturated heterocycles. The van der Waals surface area contributed by atoms with Gasteiger partial charge >= 0.3 is 0 Å². The molecule has 0 aliphatic rings. The number of azo groups is 1. The zero-order valence-corrected chi connectivity index (χ0v) is 10.9. The number of phenols is 1. The molecule has 19 heavy (non-hydrogen) atoms. The van der Waals surface area contributed by atoms with E-state index in [0.29, 0.717) is 16.9 Å². The van der Waals surface area contributed by atoms with Crippen molar-refractivity contribution in [3.05, 3.63) is 54.1 Å². The Kier molecular flexibility index (Phi) is 3.62. The lowest BCUT2D eigenvalue weighted by Gasteiger charge is -2.19. The second-order valence-electron chi connectivity index (χ2n) is 4.77. The van der Waals surface area contributed by atoms with Crippen molar-refractivity contribution in [2.75, 3.05) is 0 Å². The van der Waals surface area contributed by atoms with Crippen LogP contribution in [0.15, 0.2) is 58.8 Å². The van der Waals surface area contributed by atoms with E-state index in [0.717, 1.165) is 0 Å². The van der Waals surface area contributed by atoms with Crippen LogP contribution in [0.1, 0.15) is 19.4 Å². The minimum Gasteiger partial charge on any atom is -0.506 e. The van der Waals surface area contributed by atoms with E-state index in [9.17, 15) is 10.2 Å². The van der Waals surface area contributed by atoms with Gasteiger partial charge in [-0.25, -0.2) is 0 Å². The van der Waals surface area contributed by atoms with Crippen LogP contribution in [-0.2, 0) is 5.60 Å². The van der Waals surface area contributed by atoms with E-state index >= 15 is 0 Å². The quantitative estimate of drug-likeness (QED) is 0.814. The molecule has 2 aromatic rings. The van der Waals surface area contributed by atoms with Gasteiger partial charge in [0.15, 0.2) is 0 Å². The number of hydrogen-bond acceptors (Lipinski definition) is 4. The van der Waals surface area contributed by atoms with E-state index in [2.05, 4.69) is 10.2 Å². The highest BCUT2D eigenvalue weighted by Crippen LogP contribution is 2.37. The zero-order chi connectivity index (χ0) is 13.9. The predicted molar refractivity (Wildman–Crippen MR) is 74.0 cm³/mol. The molecular weight excluding hydrogens is 240 g/mol. The molecule has 0 unspecified atom stereocenters. The van der Waals surface area contributed by atoms with Crippen molar-refractivity contribution in [3.8, 4) is 5.75 Å². The molecule has 2 aromatic carbocycles. The fourth-order valence-corrected chi connectivity index (χ4v) is 1.73. The summed E-state index contributed by atoms with van der Waals surface area (Å²) in [5.41, 5.74) is 0.419. The maximum Gasteiger partial charge on any atom is 0.143 e. The Morgan fingerprint density at radius 2 is 1.58 bits per heavy atom. The van der Waals surface area contributed by atoms with E-state index in [1.807, 2.05) is 30.3 Å². The summed E-state index contributed by atoms with van der Waals surface area (Å²) in [6.45, 7) is 3.28. The maximum atomic E-state index is 10.1. The fraction of sp³-hybridized carbons (Fsp3) is 0.200. The Morgan fingerprint density at radius 1 is 0.895 bits per heavy atom. The summed E-state index contributed by atoms with van der Waals surface area (Å²) in [5, 5.41) is 28.1. The van der Waals surface area contributed by atoms with E-state index < -0.39 is 5.60 Å². The third-order valence-electron chi connectivity index (χ3n) is 2.70. The number of nitrogens with zero attached hydrogens (tertiary/aromatic N) is 2. The Hall–Kier alpha value is -2.20. The van der Waals surface area contributed by atoms with Gasteiger partial charge in [-0.15, -0.1) is 5.11 Å². The monoisotopic (exact) mass is 256 g/mol. The highest BCUT2D eigenvalue weighted by atomic mass is 16.3. The molecule has 0 heterocycles. The van der Waals surface area contributed by atoms with Crippen molar-refractivity contribution in [2.45, 2.75) is 19.4 Å². The molecule has 0 amide bonds. The molecule has 0 bridgehead atoms. The van der Waals surface area contributed by atoms with E-state index in [4.69, 9.17) is 0 Å².